The second-order valence-corrected chi connectivity index (χ2v) is 7.84. The average molecular weight is 310 g/mol. The number of sulfonamides is 1. The summed E-state index contributed by atoms with van der Waals surface area (Å²) in [4.78, 5) is 0.320. The fourth-order valence-electron chi connectivity index (χ4n) is 3.25. The smallest absolute Gasteiger partial charge is 0.241 e. The minimum absolute atomic E-state index is 0.0508. The fraction of sp³-hybridized carbons (Fsp3) is 0.625. The van der Waals surface area contributed by atoms with E-state index < -0.39 is 10.0 Å². The molecule has 21 heavy (non-hydrogen) atoms. The molecule has 2 rings (SSSR count). The monoisotopic (exact) mass is 310 g/mol. The summed E-state index contributed by atoms with van der Waals surface area (Å²) >= 11 is 0. The maximum Gasteiger partial charge on any atom is 0.241 e. The molecule has 1 fully saturated rings. The van der Waals surface area contributed by atoms with Crippen LogP contribution >= 0.6 is 0 Å². The zero-order chi connectivity index (χ0) is 15.6. The van der Waals surface area contributed by atoms with Crippen LogP contribution in [0.1, 0.15) is 50.2 Å². The number of anilines is 1. The van der Waals surface area contributed by atoms with Gasteiger partial charge in [-0.1, -0.05) is 26.2 Å². The van der Waals surface area contributed by atoms with Crippen LogP contribution in [0.2, 0.25) is 0 Å². The highest BCUT2D eigenvalue weighted by molar-refractivity contribution is 7.89. The van der Waals surface area contributed by atoms with E-state index in [0.717, 1.165) is 31.2 Å². The molecule has 4 nitrogen and oxygen atoms in total. The molecule has 0 aliphatic heterocycles. The molecule has 1 aromatic carbocycles. The largest absolute Gasteiger partial charge is 0.398 e. The Labute approximate surface area is 128 Å². The Hall–Kier alpha value is -1.07. The van der Waals surface area contributed by atoms with Crippen molar-refractivity contribution in [3.8, 4) is 0 Å². The third kappa shape index (κ3) is 3.58. The Balaban J connectivity index is 2.30. The second-order valence-electron chi connectivity index (χ2n) is 6.16. The molecule has 0 heterocycles. The van der Waals surface area contributed by atoms with Gasteiger partial charge >= 0.3 is 0 Å². The van der Waals surface area contributed by atoms with E-state index >= 15 is 0 Å². The molecule has 0 saturated heterocycles. The molecule has 1 aliphatic rings. The number of hydrogen-bond donors (Lipinski definition) is 2. The van der Waals surface area contributed by atoms with E-state index in [-0.39, 0.29) is 6.04 Å². The predicted molar refractivity (Wildman–Crippen MR) is 86.7 cm³/mol. The SMILES string of the molecule is CCC1CCCCC1NS(=O)(=O)c1cc(C)cc(N)c1C. The molecule has 2 atom stereocenters. The van der Waals surface area contributed by atoms with Gasteiger partial charge in [0.1, 0.15) is 0 Å². The van der Waals surface area contributed by atoms with Crippen LogP contribution in [0.25, 0.3) is 0 Å². The van der Waals surface area contributed by atoms with Gasteiger partial charge in [0.05, 0.1) is 4.90 Å². The van der Waals surface area contributed by atoms with Gasteiger partial charge in [-0.3, -0.25) is 0 Å². The zero-order valence-electron chi connectivity index (χ0n) is 13.1. The highest BCUT2D eigenvalue weighted by Gasteiger charge is 2.29. The van der Waals surface area contributed by atoms with Crippen molar-refractivity contribution in [1.29, 1.82) is 0 Å². The molecule has 118 valence electrons. The Morgan fingerprint density at radius 1 is 1.24 bits per heavy atom. The Morgan fingerprint density at radius 3 is 2.57 bits per heavy atom. The lowest BCUT2D eigenvalue weighted by atomic mass is 9.83. The summed E-state index contributed by atoms with van der Waals surface area (Å²) in [6, 6.07) is 3.57. The van der Waals surface area contributed by atoms with E-state index in [0.29, 0.717) is 22.1 Å². The van der Waals surface area contributed by atoms with E-state index in [1.165, 1.54) is 6.42 Å². The van der Waals surface area contributed by atoms with Crippen LogP contribution in [-0.2, 0) is 10.0 Å². The summed E-state index contributed by atoms with van der Waals surface area (Å²) in [7, 11) is -3.51. The lowest BCUT2D eigenvalue weighted by molar-refractivity contribution is 0.282. The van der Waals surface area contributed by atoms with E-state index in [1.807, 2.05) is 13.0 Å². The first-order chi connectivity index (χ1) is 9.85. The van der Waals surface area contributed by atoms with Gasteiger partial charge in [0, 0.05) is 11.7 Å². The summed E-state index contributed by atoms with van der Waals surface area (Å²) in [5.41, 5.74) is 7.95. The first kappa shape index (κ1) is 16.3. The number of benzene rings is 1. The van der Waals surface area contributed by atoms with Gasteiger partial charge in [-0.05, 0) is 55.9 Å². The maximum atomic E-state index is 12.7. The quantitative estimate of drug-likeness (QED) is 0.839. The number of nitrogen functional groups attached to an aromatic ring is 1. The van der Waals surface area contributed by atoms with Crippen LogP contribution in [-0.4, -0.2) is 14.5 Å². The van der Waals surface area contributed by atoms with Crippen molar-refractivity contribution < 1.29 is 8.42 Å². The van der Waals surface area contributed by atoms with Crippen LogP contribution in [0.15, 0.2) is 17.0 Å². The first-order valence-corrected chi connectivity index (χ1v) is 9.22. The third-order valence-electron chi connectivity index (χ3n) is 4.57. The van der Waals surface area contributed by atoms with Gasteiger partial charge in [0.15, 0.2) is 0 Å². The molecule has 0 bridgehead atoms. The van der Waals surface area contributed by atoms with Gasteiger partial charge in [0.2, 0.25) is 10.0 Å². The van der Waals surface area contributed by atoms with Gasteiger partial charge in [-0.2, -0.15) is 0 Å². The predicted octanol–water partition coefficient (Wildman–Crippen LogP) is 3.13. The van der Waals surface area contributed by atoms with Crippen molar-refractivity contribution in [2.45, 2.75) is 63.8 Å². The molecule has 1 aliphatic carbocycles. The molecule has 1 aromatic rings. The van der Waals surface area contributed by atoms with Crippen molar-refractivity contribution in [1.82, 2.24) is 4.72 Å². The van der Waals surface area contributed by atoms with Crippen LogP contribution in [0, 0.1) is 19.8 Å². The minimum atomic E-state index is -3.51. The number of nitrogens with one attached hydrogen (secondary N) is 1. The topological polar surface area (TPSA) is 72.2 Å². The Kier molecular flexibility index (Phi) is 4.94. The molecule has 5 heteroatoms. The lowest BCUT2D eigenvalue weighted by Gasteiger charge is -2.31. The van der Waals surface area contributed by atoms with Crippen molar-refractivity contribution in [2.24, 2.45) is 5.92 Å². The van der Waals surface area contributed by atoms with E-state index in [2.05, 4.69) is 11.6 Å². The van der Waals surface area contributed by atoms with Crippen LogP contribution < -0.4 is 10.5 Å². The second kappa shape index (κ2) is 6.36. The van der Waals surface area contributed by atoms with Crippen molar-refractivity contribution in [3.63, 3.8) is 0 Å². The van der Waals surface area contributed by atoms with Crippen LogP contribution in [0.4, 0.5) is 5.69 Å². The van der Waals surface area contributed by atoms with Gasteiger partial charge in [-0.15, -0.1) is 0 Å². The molecular weight excluding hydrogens is 284 g/mol. The molecule has 0 aromatic heterocycles. The third-order valence-corrected chi connectivity index (χ3v) is 6.19. The van der Waals surface area contributed by atoms with Crippen LogP contribution in [0.3, 0.4) is 0 Å². The summed E-state index contributed by atoms with van der Waals surface area (Å²) in [5.74, 6) is 0.441. The molecule has 0 radical (unpaired) electrons. The van der Waals surface area contributed by atoms with Crippen molar-refractivity contribution in [3.05, 3.63) is 23.3 Å². The summed E-state index contributed by atoms with van der Waals surface area (Å²) in [6.07, 6.45) is 5.35. The summed E-state index contributed by atoms with van der Waals surface area (Å²) in [5, 5.41) is 0. The highest BCUT2D eigenvalue weighted by atomic mass is 32.2. The average Bonchev–Trinajstić information content (AvgIpc) is 2.43. The summed E-state index contributed by atoms with van der Waals surface area (Å²) in [6.45, 7) is 5.76. The fourth-order valence-corrected chi connectivity index (χ4v) is 4.94. The Morgan fingerprint density at radius 2 is 1.90 bits per heavy atom. The molecule has 0 amide bonds. The summed E-state index contributed by atoms with van der Waals surface area (Å²) < 4.78 is 28.4. The van der Waals surface area contributed by atoms with Crippen LogP contribution in [0.5, 0.6) is 0 Å². The van der Waals surface area contributed by atoms with Gasteiger partial charge in [0.25, 0.3) is 0 Å². The molecule has 3 N–H and O–H groups in total. The normalized spacial score (nSPS) is 23.2. The minimum Gasteiger partial charge on any atom is -0.398 e. The highest BCUT2D eigenvalue weighted by Crippen LogP contribution is 2.29. The Bertz CT molecular complexity index is 611. The van der Waals surface area contributed by atoms with E-state index in [1.54, 1.807) is 13.0 Å². The number of hydrogen-bond acceptors (Lipinski definition) is 3. The maximum absolute atomic E-state index is 12.7. The van der Waals surface area contributed by atoms with Crippen molar-refractivity contribution in [2.75, 3.05) is 5.73 Å². The zero-order valence-corrected chi connectivity index (χ0v) is 14.0. The lowest BCUT2D eigenvalue weighted by Crippen LogP contribution is -2.42. The van der Waals surface area contributed by atoms with E-state index in [9.17, 15) is 8.42 Å². The molecular formula is C16H26N2O2S. The van der Waals surface area contributed by atoms with Crippen molar-refractivity contribution >= 4 is 15.7 Å². The standard InChI is InChI=1S/C16H26N2O2S/c1-4-13-7-5-6-8-15(13)18-21(19,20)16-10-11(2)9-14(17)12(16)3/h9-10,13,15,18H,4-8,17H2,1-3H3. The number of nitrogens with two attached hydrogens (primary N) is 1. The van der Waals surface area contributed by atoms with Gasteiger partial charge in [-0.25, -0.2) is 13.1 Å². The van der Waals surface area contributed by atoms with E-state index in [4.69, 9.17) is 5.73 Å². The number of rotatable bonds is 4. The number of aryl methyl sites for hydroxylation is 1. The van der Waals surface area contributed by atoms with Gasteiger partial charge < -0.3 is 5.73 Å². The molecule has 2 unspecified atom stereocenters. The molecule has 1 saturated carbocycles. The molecule has 0 spiro atoms. The first-order valence-electron chi connectivity index (χ1n) is 7.74.